The molecule has 1 heterocycles. The Hall–Kier alpha value is -0.660. The van der Waals surface area contributed by atoms with E-state index in [1.165, 1.54) is 0 Å². The summed E-state index contributed by atoms with van der Waals surface area (Å²) in [6, 6.07) is 0.808. The van der Waals surface area contributed by atoms with Gasteiger partial charge in [-0.2, -0.15) is 0 Å². The second kappa shape index (κ2) is 3.38. The van der Waals surface area contributed by atoms with Gasteiger partial charge in [0.2, 0.25) is 5.43 Å². The molecular formula is C6H5F2IN2O. The van der Waals surface area contributed by atoms with E-state index >= 15 is 0 Å². The first-order chi connectivity index (χ1) is 5.52. The molecule has 6 heteroatoms. The summed E-state index contributed by atoms with van der Waals surface area (Å²) in [7, 11) is 0. The van der Waals surface area contributed by atoms with Crippen molar-refractivity contribution in [2.24, 2.45) is 0 Å². The monoisotopic (exact) mass is 286 g/mol. The topological polar surface area (TPSA) is 58.9 Å². The highest BCUT2D eigenvalue weighted by molar-refractivity contribution is 14.1. The van der Waals surface area contributed by atoms with Gasteiger partial charge >= 0.3 is 0 Å². The Morgan fingerprint density at radius 2 is 2.17 bits per heavy atom. The summed E-state index contributed by atoms with van der Waals surface area (Å²) in [6.45, 7) is 0. The summed E-state index contributed by atoms with van der Waals surface area (Å²) >= 11 is 1.70. The third-order valence-electron chi connectivity index (χ3n) is 1.28. The maximum Gasteiger partial charge on any atom is 0.278 e. The first-order valence-electron chi connectivity index (χ1n) is 2.98. The Kier molecular flexibility index (Phi) is 2.65. The fourth-order valence-corrected chi connectivity index (χ4v) is 1.25. The fraction of sp³-hybridized carbons (Fsp3) is 0.167. The Morgan fingerprint density at radius 3 is 2.58 bits per heavy atom. The highest BCUT2D eigenvalue weighted by atomic mass is 127. The van der Waals surface area contributed by atoms with Crippen molar-refractivity contribution in [2.75, 3.05) is 5.73 Å². The zero-order valence-corrected chi connectivity index (χ0v) is 7.93. The van der Waals surface area contributed by atoms with Gasteiger partial charge in [-0.1, -0.05) is 0 Å². The highest BCUT2D eigenvalue weighted by Crippen LogP contribution is 2.17. The van der Waals surface area contributed by atoms with Crippen LogP contribution in [0.15, 0.2) is 10.9 Å². The van der Waals surface area contributed by atoms with Gasteiger partial charge in [-0.15, -0.1) is 0 Å². The molecule has 0 aliphatic rings. The SMILES string of the molecule is Nc1c(I)[nH]c(C(F)F)cc1=O. The Balaban J connectivity index is 3.31. The zero-order chi connectivity index (χ0) is 9.30. The molecule has 0 aromatic carbocycles. The summed E-state index contributed by atoms with van der Waals surface area (Å²) in [5.41, 5.74) is 4.25. The molecule has 0 spiro atoms. The number of halogens is 3. The number of rotatable bonds is 1. The minimum Gasteiger partial charge on any atom is -0.393 e. The molecule has 0 saturated carbocycles. The summed E-state index contributed by atoms with van der Waals surface area (Å²) in [5, 5.41) is 0. The molecule has 0 fully saturated rings. The number of hydrogen-bond donors (Lipinski definition) is 2. The molecule has 0 amide bonds. The summed E-state index contributed by atoms with van der Waals surface area (Å²) in [6.07, 6.45) is -2.67. The van der Waals surface area contributed by atoms with Gasteiger partial charge in [0.1, 0.15) is 9.39 Å². The number of alkyl halides is 2. The molecule has 0 radical (unpaired) electrons. The number of H-pyrrole nitrogens is 1. The quantitative estimate of drug-likeness (QED) is 0.607. The van der Waals surface area contributed by atoms with Crippen LogP contribution in [-0.2, 0) is 0 Å². The predicted octanol–water partition coefficient (Wildman–Crippen LogP) is 1.50. The van der Waals surface area contributed by atoms with Crippen LogP contribution in [-0.4, -0.2) is 4.98 Å². The van der Waals surface area contributed by atoms with E-state index in [9.17, 15) is 13.6 Å². The lowest BCUT2D eigenvalue weighted by molar-refractivity contribution is 0.146. The highest BCUT2D eigenvalue weighted by Gasteiger charge is 2.11. The van der Waals surface area contributed by atoms with E-state index in [1.54, 1.807) is 22.6 Å². The lowest BCUT2D eigenvalue weighted by Crippen LogP contribution is -2.12. The predicted molar refractivity (Wildman–Crippen MR) is 49.1 cm³/mol. The van der Waals surface area contributed by atoms with Gasteiger partial charge < -0.3 is 10.7 Å². The van der Waals surface area contributed by atoms with Gasteiger partial charge in [-0.3, -0.25) is 4.79 Å². The van der Waals surface area contributed by atoms with Crippen LogP contribution < -0.4 is 11.2 Å². The van der Waals surface area contributed by atoms with Gasteiger partial charge in [-0.05, 0) is 22.6 Å². The van der Waals surface area contributed by atoms with Gasteiger partial charge in [0.25, 0.3) is 6.43 Å². The third kappa shape index (κ3) is 1.74. The number of hydrogen-bond acceptors (Lipinski definition) is 2. The maximum absolute atomic E-state index is 12.0. The van der Waals surface area contributed by atoms with Crippen LogP contribution in [0.4, 0.5) is 14.5 Å². The van der Waals surface area contributed by atoms with Crippen LogP contribution in [0.5, 0.6) is 0 Å². The summed E-state index contributed by atoms with van der Waals surface area (Å²) < 4.78 is 24.3. The largest absolute Gasteiger partial charge is 0.393 e. The van der Waals surface area contributed by atoms with Gasteiger partial charge in [-0.25, -0.2) is 8.78 Å². The first-order valence-corrected chi connectivity index (χ1v) is 4.06. The van der Waals surface area contributed by atoms with Crippen molar-refractivity contribution in [1.82, 2.24) is 4.98 Å². The van der Waals surface area contributed by atoms with Gasteiger partial charge in [0, 0.05) is 6.07 Å². The molecule has 1 aromatic heterocycles. The smallest absolute Gasteiger partial charge is 0.278 e. The van der Waals surface area contributed by atoms with Crippen LogP contribution in [0.3, 0.4) is 0 Å². The van der Waals surface area contributed by atoms with Crippen LogP contribution >= 0.6 is 22.6 Å². The molecule has 12 heavy (non-hydrogen) atoms. The zero-order valence-electron chi connectivity index (χ0n) is 5.77. The molecule has 3 nitrogen and oxygen atoms in total. The number of aromatic amines is 1. The first kappa shape index (κ1) is 9.43. The van der Waals surface area contributed by atoms with Gasteiger partial charge in [0.15, 0.2) is 0 Å². The normalized spacial score (nSPS) is 10.7. The van der Waals surface area contributed by atoms with Crippen LogP contribution in [0.1, 0.15) is 12.1 Å². The minimum atomic E-state index is -2.67. The molecule has 0 aliphatic heterocycles. The van der Waals surface area contributed by atoms with Gasteiger partial charge in [0.05, 0.1) is 5.69 Å². The molecule has 0 atom stereocenters. The summed E-state index contributed by atoms with van der Waals surface area (Å²) in [4.78, 5) is 13.2. The molecule has 0 bridgehead atoms. The van der Waals surface area contributed by atoms with Crippen molar-refractivity contribution in [3.8, 4) is 0 Å². The third-order valence-corrected chi connectivity index (χ3v) is 2.13. The average molecular weight is 286 g/mol. The lowest BCUT2D eigenvalue weighted by Gasteiger charge is -2.02. The second-order valence-electron chi connectivity index (χ2n) is 2.12. The molecule has 0 aliphatic carbocycles. The van der Waals surface area contributed by atoms with E-state index in [0.29, 0.717) is 0 Å². The van der Waals surface area contributed by atoms with Crippen LogP contribution in [0, 0.1) is 3.70 Å². The Bertz CT molecular complexity index is 350. The second-order valence-corrected chi connectivity index (χ2v) is 3.20. The van der Waals surface area contributed by atoms with Crippen LogP contribution in [0.25, 0.3) is 0 Å². The van der Waals surface area contributed by atoms with Crippen LogP contribution in [0.2, 0.25) is 0 Å². The molecular weight excluding hydrogens is 281 g/mol. The molecule has 1 rings (SSSR count). The molecule has 0 saturated heterocycles. The van der Waals surface area contributed by atoms with Crippen molar-refractivity contribution >= 4 is 28.3 Å². The van der Waals surface area contributed by atoms with E-state index < -0.39 is 17.5 Å². The number of nitrogen functional groups attached to an aromatic ring is 1. The Labute approximate surface area is 80.1 Å². The number of aromatic nitrogens is 1. The van der Waals surface area contributed by atoms with Crippen molar-refractivity contribution in [3.05, 3.63) is 25.7 Å². The van der Waals surface area contributed by atoms with E-state index in [-0.39, 0.29) is 9.39 Å². The van der Waals surface area contributed by atoms with E-state index in [4.69, 9.17) is 5.73 Å². The minimum absolute atomic E-state index is 0.0278. The molecule has 66 valence electrons. The Morgan fingerprint density at radius 1 is 1.58 bits per heavy atom. The molecule has 1 aromatic rings. The number of nitrogens with one attached hydrogen (secondary N) is 1. The van der Waals surface area contributed by atoms with E-state index in [2.05, 4.69) is 4.98 Å². The number of pyridine rings is 1. The number of anilines is 1. The maximum atomic E-state index is 12.0. The fourth-order valence-electron chi connectivity index (χ4n) is 0.675. The molecule has 3 N–H and O–H groups in total. The van der Waals surface area contributed by atoms with Crippen molar-refractivity contribution in [1.29, 1.82) is 0 Å². The van der Waals surface area contributed by atoms with E-state index in [0.717, 1.165) is 6.07 Å². The lowest BCUT2D eigenvalue weighted by atomic mass is 10.3. The number of nitrogens with two attached hydrogens (primary N) is 1. The standard InChI is InChI=1S/C6H5F2IN2O/c7-5(8)2-1-3(12)4(10)6(9)11-2/h1,5H,10H2,(H,11,12). The molecule has 0 unspecified atom stereocenters. The van der Waals surface area contributed by atoms with Crippen molar-refractivity contribution < 1.29 is 8.78 Å². The van der Waals surface area contributed by atoms with Crippen molar-refractivity contribution in [2.45, 2.75) is 6.43 Å². The average Bonchev–Trinajstić information content (AvgIpc) is 1.99. The van der Waals surface area contributed by atoms with Crippen molar-refractivity contribution in [3.63, 3.8) is 0 Å². The van der Waals surface area contributed by atoms with E-state index in [1.807, 2.05) is 0 Å². The summed E-state index contributed by atoms with van der Waals surface area (Å²) in [5.74, 6) is 0.